The fourth-order valence-corrected chi connectivity index (χ4v) is 4.49. The first-order chi connectivity index (χ1) is 15.8. The molecule has 0 N–H and O–H groups in total. The SMILES string of the molecule is Cc1ccc(/C=C\c2ccc(N(c3ccccc3)c3ccc4c(c3)CCCC4)cc2)cc1. The summed E-state index contributed by atoms with van der Waals surface area (Å²) in [6.07, 6.45) is 9.36. The molecule has 0 spiro atoms. The van der Waals surface area contributed by atoms with Crippen molar-refractivity contribution in [1.82, 2.24) is 0 Å². The van der Waals surface area contributed by atoms with Crippen LogP contribution in [-0.2, 0) is 12.8 Å². The van der Waals surface area contributed by atoms with E-state index < -0.39 is 0 Å². The fourth-order valence-electron chi connectivity index (χ4n) is 4.49. The molecule has 32 heavy (non-hydrogen) atoms. The lowest BCUT2D eigenvalue weighted by molar-refractivity contribution is 0.685. The lowest BCUT2D eigenvalue weighted by Crippen LogP contribution is -2.11. The molecule has 0 fully saturated rings. The smallest absolute Gasteiger partial charge is 0.0464 e. The largest absolute Gasteiger partial charge is 0.310 e. The number of benzene rings is 4. The van der Waals surface area contributed by atoms with Crippen LogP contribution in [0.2, 0.25) is 0 Å². The summed E-state index contributed by atoms with van der Waals surface area (Å²) in [6, 6.07) is 35.2. The van der Waals surface area contributed by atoms with Gasteiger partial charge < -0.3 is 4.90 Å². The number of anilines is 3. The highest BCUT2D eigenvalue weighted by molar-refractivity contribution is 5.78. The highest BCUT2D eigenvalue weighted by atomic mass is 15.1. The van der Waals surface area contributed by atoms with Gasteiger partial charge in [0, 0.05) is 17.1 Å². The van der Waals surface area contributed by atoms with Gasteiger partial charge in [0.15, 0.2) is 0 Å². The Hall–Kier alpha value is -3.58. The standard InChI is InChI=1S/C31H29N/c1-24-11-13-25(14-12-24)15-16-26-17-20-30(21-18-26)32(29-9-3-2-4-10-29)31-22-19-27-7-5-6-8-28(27)23-31/h2-4,9-23H,5-8H2,1H3/b16-15-. The Morgan fingerprint density at radius 1 is 0.562 bits per heavy atom. The highest BCUT2D eigenvalue weighted by Gasteiger charge is 2.15. The van der Waals surface area contributed by atoms with Crippen molar-refractivity contribution in [2.24, 2.45) is 0 Å². The molecule has 5 rings (SSSR count). The van der Waals surface area contributed by atoms with Crippen LogP contribution in [0.1, 0.15) is 40.7 Å². The fraction of sp³-hybridized carbons (Fsp3) is 0.161. The summed E-state index contributed by atoms with van der Waals surface area (Å²) in [7, 11) is 0. The summed E-state index contributed by atoms with van der Waals surface area (Å²) >= 11 is 0. The van der Waals surface area contributed by atoms with Crippen molar-refractivity contribution in [3.8, 4) is 0 Å². The molecular weight excluding hydrogens is 386 g/mol. The second-order valence-electron chi connectivity index (χ2n) is 8.67. The van der Waals surface area contributed by atoms with E-state index in [9.17, 15) is 0 Å². The number of para-hydroxylation sites is 1. The molecule has 1 nitrogen and oxygen atoms in total. The molecule has 4 aromatic rings. The summed E-state index contributed by atoms with van der Waals surface area (Å²) in [4.78, 5) is 2.36. The van der Waals surface area contributed by atoms with E-state index in [-0.39, 0.29) is 0 Å². The first-order valence-corrected chi connectivity index (χ1v) is 11.6. The van der Waals surface area contributed by atoms with Gasteiger partial charge in [-0.2, -0.15) is 0 Å². The van der Waals surface area contributed by atoms with Crippen LogP contribution in [0, 0.1) is 6.92 Å². The molecule has 4 aromatic carbocycles. The number of rotatable bonds is 5. The van der Waals surface area contributed by atoms with Crippen molar-refractivity contribution < 1.29 is 0 Å². The van der Waals surface area contributed by atoms with Crippen molar-refractivity contribution in [1.29, 1.82) is 0 Å². The van der Waals surface area contributed by atoms with Gasteiger partial charge >= 0.3 is 0 Å². The van der Waals surface area contributed by atoms with Crippen LogP contribution in [-0.4, -0.2) is 0 Å². The molecule has 0 unspecified atom stereocenters. The number of fused-ring (bicyclic) bond motifs is 1. The predicted molar refractivity (Wildman–Crippen MR) is 138 cm³/mol. The van der Waals surface area contributed by atoms with Crippen LogP contribution in [0.25, 0.3) is 12.2 Å². The van der Waals surface area contributed by atoms with Crippen LogP contribution in [0.5, 0.6) is 0 Å². The van der Waals surface area contributed by atoms with E-state index in [0.29, 0.717) is 0 Å². The summed E-state index contributed by atoms with van der Waals surface area (Å²) in [6.45, 7) is 2.12. The Balaban J connectivity index is 1.46. The zero-order valence-corrected chi connectivity index (χ0v) is 18.7. The molecule has 0 saturated heterocycles. The van der Waals surface area contributed by atoms with Crippen LogP contribution in [0.15, 0.2) is 97.1 Å². The zero-order valence-electron chi connectivity index (χ0n) is 18.7. The van der Waals surface area contributed by atoms with Crippen molar-refractivity contribution >= 4 is 29.2 Å². The van der Waals surface area contributed by atoms with E-state index in [4.69, 9.17) is 0 Å². The third kappa shape index (κ3) is 4.53. The summed E-state index contributed by atoms with van der Waals surface area (Å²) in [5, 5.41) is 0. The van der Waals surface area contributed by atoms with Crippen molar-refractivity contribution in [2.45, 2.75) is 32.6 Å². The van der Waals surface area contributed by atoms with Crippen molar-refractivity contribution in [3.63, 3.8) is 0 Å². The van der Waals surface area contributed by atoms with Gasteiger partial charge in [0.2, 0.25) is 0 Å². The van der Waals surface area contributed by atoms with Gasteiger partial charge in [-0.25, -0.2) is 0 Å². The molecule has 0 aliphatic heterocycles. The average Bonchev–Trinajstić information content (AvgIpc) is 2.85. The quantitative estimate of drug-likeness (QED) is 0.295. The normalized spacial score (nSPS) is 13.2. The monoisotopic (exact) mass is 415 g/mol. The summed E-state index contributed by atoms with van der Waals surface area (Å²) in [5.74, 6) is 0. The van der Waals surface area contributed by atoms with Crippen LogP contribution < -0.4 is 4.90 Å². The molecule has 0 atom stereocenters. The van der Waals surface area contributed by atoms with Gasteiger partial charge in [0.05, 0.1) is 0 Å². The molecule has 0 saturated carbocycles. The number of aryl methyl sites for hydroxylation is 3. The second kappa shape index (κ2) is 9.28. The second-order valence-corrected chi connectivity index (χ2v) is 8.67. The maximum Gasteiger partial charge on any atom is 0.0464 e. The molecule has 0 radical (unpaired) electrons. The zero-order chi connectivity index (χ0) is 21.8. The molecule has 1 heteroatoms. The van der Waals surface area contributed by atoms with Gasteiger partial charge in [0.1, 0.15) is 0 Å². The van der Waals surface area contributed by atoms with Crippen LogP contribution in [0.4, 0.5) is 17.1 Å². The number of hydrogen-bond acceptors (Lipinski definition) is 1. The molecule has 0 amide bonds. The minimum atomic E-state index is 1.18. The Kier molecular flexibility index (Phi) is 5.89. The van der Waals surface area contributed by atoms with Crippen LogP contribution >= 0.6 is 0 Å². The maximum absolute atomic E-state index is 2.40. The van der Waals surface area contributed by atoms with E-state index in [1.54, 1.807) is 0 Å². The molecule has 1 aliphatic carbocycles. The molecule has 0 bridgehead atoms. The van der Waals surface area contributed by atoms with E-state index in [1.165, 1.54) is 70.6 Å². The Labute approximate surface area is 191 Å². The van der Waals surface area contributed by atoms with Crippen LogP contribution in [0.3, 0.4) is 0 Å². The van der Waals surface area contributed by atoms with Gasteiger partial charge in [-0.1, -0.05) is 78.4 Å². The molecule has 158 valence electrons. The molecular formula is C31H29N. The minimum absolute atomic E-state index is 1.18. The first-order valence-electron chi connectivity index (χ1n) is 11.6. The van der Waals surface area contributed by atoms with E-state index in [2.05, 4.69) is 121 Å². The van der Waals surface area contributed by atoms with Crippen molar-refractivity contribution in [3.05, 3.63) is 125 Å². The molecule has 0 heterocycles. The molecule has 1 aliphatic rings. The lowest BCUT2D eigenvalue weighted by atomic mass is 9.91. The minimum Gasteiger partial charge on any atom is -0.310 e. The average molecular weight is 416 g/mol. The Bertz CT molecular complexity index is 1200. The molecule has 0 aromatic heterocycles. The van der Waals surface area contributed by atoms with Gasteiger partial charge in [-0.05, 0) is 91.3 Å². The van der Waals surface area contributed by atoms with E-state index in [1.807, 2.05) is 0 Å². The first kappa shape index (κ1) is 20.3. The topological polar surface area (TPSA) is 3.24 Å². The third-order valence-corrected chi connectivity index (χ3v) is 6.30. The van der Waals surface area contributed by atoms with Gasteiger partial charge in [0.25, 0.3) is 0 Å². The Morgan fingerprint density at radius 3 is 1.81 bits per heavy atom. The van der Waals surface area contributed by atoms with Gasteiger partial charge in [-0.3, -0.25) is 0 Å². The van der Waals surface area contributed by atoms with Crippen molar-refractivity contribution in [2.75, 3.05) is 4.90 Å². The van der Waals surface area contributed by atoms with E-state index in [0.717, 1.165) is 0 Å². The third-order valence-electron chi connectivity index (χ3n) is 6.30. The summed E-state index contributed by atoms with van der Waals surface area (Å²) < 4.78 is 0. The lowest BCUT2D eigenvalue weighted by Gasteiger charge is -2.27. The number of nitrogens with zero attached hydrogens (tertiary/aromatic N) is 1. The predicted octanol–water partition coefficient (Wildman–Crippen LogP) is 8.51. The summed E-state index contributed by atoms with van der Waals surface area (Å²) in [5.41, 5.74) is 10.3. The maximum atomic E-state index is 2.40. The van der Waals surface area contributed by atoms with E-state index >= 15 is 0 Å². The van der Waals surface area contributed by atoms with Gasteiger partial charge in [-0.15, -0.1) is 0 Å². The Morgan fingerprint density at radius 2 is 1.12 bits per heavy atom. The number of hydrogen-bond donors (Lipinski definition) is 0. The highest BCUT2D eigenvalue weighted by Crippen LogP contribution is 2.36.